The Morgan fingerprint density at radius 2 is 1.68 bits per heavy atom. The summed E-state index contributed by atoms with van der Waals surface area (Å²) >= 11 is 0. The number of benzene rings is 2. The van der Waals surface area contributed by atoms with Gasteiger partial charge in [0.15, 0.2) is 0 Å². The molecular formula is C18H16F2N2. The first kappa shape index (κ1) is 13.5. The van der Waals surface area contributed by atoms with Crippen LogP contribution < -0.4 is 5.32 Å². The van der Waals surface area contributed by atoms with E-state index in [1.54, 1.807) is 6.07 Å². The van der Waals surface area contributed by atoms with Crippen molar-refractivity contribution < 1.29 is 8.78 Å². The highest BCUT2D eigenvalue weighted by atomic mass is 19.1. The summed E-state index contributed by atoms with van der Waals surface area (Å²) in [5.41, 5.74) is 4.16. The summed E-state index contributed by atoms with van der Waals surface area (Å²) in [5, 5.41) is 4.44. The fraction of sp³-hybridized carbons (Fsp3) is 0.222. The van der Waals surface area contributed by atoms with E-state index in [1.165, 1.54) is 29.5 Å². The van der Waals surface area contributed by atoms with E-state index in [-0.39, 0.29) is 5.56 Å². The second-order valence-electron chi connectivity index (χ2n) is 5.69. The molecule has 0 saturated carbocycles. The molecule has 0 unspecified atom stereocenters. The summed E-state index contributed by atoms with van der Waals surface area (Å²) in [6.07, 6.45) is 1.88. The van der Waals surface area contributed by atoms with Gasteiger partial charge in [-0.3, -0.25) is 0 Å². The zero-order chi connectivity index (χ0) is 15.1. The molecule has 0 saturated heterocycles. The van der Waals surface area contributed by atoms with Gasteiger partial charge in [-0.1, -0.05) is 12.1 Å². The minimum atomic E-state index is -0.525. The molecule has 2 aromatic carbocycles. The minimum Gasteiger partial charge on any atom is -0.358 e. The zero-order valence-electron chi connectivity index (χ0n) is 12.0. The normalized spacial score (nSPS) is 14.8. The van der Waals surface area contributed by atoms with Crippen LogP contribution in [0.4, 0.5) is 8.78 Å². The van der Waals surface area contributed by atoms with Crippen molar-refractivity contribution in [1.82, 2.24) is 10.3 Å². The Labute approximate surface area is 127 Å². The Hall–Kier alpha value is -2.20. The molecule has 0 bridgehead atoms. The molecule has 2 heterocycles. The van der Waals surface area contributed by atoms with E-state index in [9.17, 15) is 8.78 Å². The zero-order valence-corrected chi connectivity index (χ0v) is 12.0. The average molecular weight is 298 g/mol. The first-order valence-corrected chi connectivity index (χ1v) is 7.52. The van der Waals surface area contributed by atoms with Gasteiger partial charge in [-0.05, 0) is 48.4 Å². The largest absolute Gasteiger partial charge is 0.358 e. The third-order valence-electron chi connectivity index (χ3n) is 4.35. The van der Waals surface area contributed by atoms with Crippen LogP contribution >= 0.6 is 0 Å². The van der Waals surface area contributed by atoms with E-state index in [0.29, 0.717) is 5.56 Å². The molecular weight excluding hydrogens is 282 g/mol. The number of halogens is 2. The van der Waals surface area contributed by atoms with Crippen molar-refractivity contribution >= 4 is 10.9 Å². The molecule has 0 spiro atoms. The fourth-order valence-corrected chi connectivity index (χ4v) is 3.28. The van der Waals surface area contributed by atoms with E-state index >= 15 is 0 Å². The molecule has 2 N–H and O–H groups in total. The first-order valence-electron chi connectivity index (χ1n) is 7.52. The summed E-state index contributed by atoms with van der Waals surface area (Å²) in [4.78, 5) is 3.44. The molecule has 0 atom stereocenters. The fourth-order valence-electron chi connectivity index (χ4n) is 3.28. The molecule has 0 radical (unpaired) electrons. The summed E-state index contributed by atoms with van der Waals surface area (Å²) in [5.74, 6) is -1.05. The lowest BCUT2D eigenvalue weighted by Crippen LogP contribution is -2.16. The Kier molecular flexibility index (Phi) is 3.19. The van der Waals surface area contributed by atoms with Crippen molar-refractivity contribution in [3.63, 3.8) is 0 Å². The van der Waals surface area contributed by atoms with Gasteiger partial charge in [0.25, 0.3) is 0 Å². The molecule has 1 aliphatic heterocycles. The van der Waals surface area contributed by atoms with Crippen LogP contribution in [0.25, 0.3) is 22.0 Å². The number of H-pyrrole nitrogens is 1. The molecule has 112 valence electrons. The maximum absolute atomic E-state index is 14.0. The second kappa shape index (κ2) is 5.21. The van der Waals surface area contributed by atoms with Crippen molar-refractivity contribution in [2.24, 2.45) is 0 Å². The quantitative estimate of drug-likeness (QED) is 0.702. The van der Waals surface area contributed by atoms with Crippen LogP contribution in [-0.4, -0.2) is 18.1 Å². The van der Waals surface area contributed by atoms with Gasteiger partial charge in [0.05, 0.1) is 5.56 Å². The Morgan fingerprint density at radius 1 is 0.909 bits per heavy atom. The molecule has 1 aliphatic rings. The minimum absolute atomic E-state index is 0.0473. The lowest BCUT2D eigenvalue weighted by Gasteiger charge is -2.06. The van der Waals surface area contributed by atoms with Crippen molar-refractivity contribution in [1.29, 1.82) is 0 Å². The van der Waals surface area contributed by atoms with Gasteiger partial charge in [-0.2, -0.15) is 0 Å². The third kappa shape index (κ3) is 2.11. The maximum Gasteiger partial charge on any atom is 0.133 e. The molecule has 1 aromatic heterocycles. The molecule has 2 nitrogen and oxygen atoms in total. The van der Waals surface area contributed by atoms with E-state index < -0.39 is 11.6 Å². The topological polar surface area (TPSA) is 27.8 Å². The average Bonchev–Trinajstić information content (AvgIpc) is 2.68. The summed E-state index contributed by atoms with van der Waals surface area (Å²) in [6.45, 7) is 1.88. The summed E-state index contributed by atoms with van der Waals surface area (Å²) < 4.78 is 28.0. The van der Waals surface area contributed by atoms with Crippen molar-refractivity contribution in [3.8, 4) is 11.1 Å². The number of rotatable bonds is 1. The van der Waals surface area contributed by atoms with Crippen LogP contribution in [0.5, 0.6) is 0 Å². The van der Waals surface area contributed by atoms with Crippen LogP contribution in [0.2, 0.25) is 0 Å². The molecule has 4 heteroatoms. The predicted molar refractivity (Wildman–Crippen MR) is 83.9 cm³/mol. The standard InChI is InChI=1S/C18H16F2N2/c19-14-2-1-3-15(20)18(14)11-4-5-16-13(10-11)12-6-8-21-9-7-17(12)22-16/h1-5,10,21-22H,6-9H2. The van der Waals surface area contributed by atoms with Crippen molar-refractivity contribution in [2.75, 3.05) is 13.1 Å². The number of nitrogens with one attached hydrogen (secondary N) is 2. The predicted octanol–water partition coefficient (Wildman–Crippen LogP) is 3.80. The number of fused-ring (bicyclic) bond motifs is 3. The molecule has 0 fully saturated rings. The van der Waals surface area contributed by atoms with Gasteiger partial charge in [-0.15, -0.1) is 0 Å². The summed E-state index contributed by atoms with van der Waals surface area (Å²) in [6, 6.07) is 9.57. The Bertz CT molecular complexity index is 831. The molecule has 0 amide bonds. The molecule has 0 aliphatic carbocycles. The van der Waals surface area contributed by atoms with Gasteiger partial charge in [0.2, 0.25) is 0 Å². The molecule has 4 rings (SSSR count). The second-order valence-corrected chi connectivity index (χ2v) is 5.69. The van der Waals surface area contributed by atoms with Gasteiger partial charge in [0.1, 0.15) is 11.6 Å². The smallest absolute Gasteiger partial charge is 0.133 e. The van der Waals surface area contributed by atoms with Crippen LogP contribution in [0, 0.1) is 11.6 Å². The van der Waals surface area contributed by atoms with Crippen molar-refractivity contribution in [3.05, 3.63) is 59.3 Å². The van der Waals surface area contributed by atoms with Crippen LogP contribution in [0.1, 0.15) is 11.3 Å². The maximum atomic E-state index is 14.0. The highest BCUT2D eigenvalue weighted by molar-refractivity contribution is 5.89. The highest BCUT2D eigenvalue weighted by Gasteiger charge is 2.16. The van der Waals surface area contributed by atoms with Crippen LogP contribution in [-0.2, 0) is 12.8 Å². The van der Waals surface area contributed by atoms with Gasteiger partial charge < -0.3 is 10.3 Å². The van der Waals surface area contributed by atoms with Gasteiger partial charge in [0, 0.05) is 29.6 Å². The molecule has 3 aromatic rings. The van der Waals surface area contributed by atoms with Crippen LogP contribution in [0.15, 0.2) is 36.4 Å². The lowest BCUT2D eigenvalue weighted by atomic mass is 10.00. The number of aromatic nitrogens is 1. The van der Waals surface area contributed by atoms with E-state index in [4.69, 9.17) is 0 Å². The van der Waals surface area contributed by atoms with E-state index in [0.717, 1.165) is 36.8 Å². The number of hydrogen-bond donors (Lipinski definition) is 2. The van der Waals surface area contributed by atoms with Crippen molar-refractivity contribution in [2.45, 2.75) is 12.8 Å². The molecule has 22 heavy (non-hydrogen) atoms. The Morgan fingerprint density at radius 3 is 2.50 bits per heavy atom. The lowest BCUT2D eigenvalue weighted by molar-refractivity contribution is 0.589. The van der Waals surface area contributed by atoms with E-state index in [1.807, 2.05) is 12.1 Å². The van der Waals surface area contributed by atoms with E-state index in [2.05, 4.69) is 10.3 Å². The highest BCUT2D eigenvalue weighted by Crippen LogP contribution is 2.32. The van der Waals surface area contributed by atoms with Crippen LogP contribution in [0.3, 0.4) is 0 Å². The number of aromatic amines is 1. The Balaban J connectivity index is 1.92. The number of hydrogen-bond acceptors (Lipinski definition) is 1. The monoisotopic (exact) mass is 298 g/mol. The third-order valence-corrected chi connectivity index (χ3v) is 4.35. The van der Waals surface area contributed by atoms with Gasteiger partial charge in [-0.25, -0.2) is 8.78 Å². The van der Waals surface area contributed by atoms with Gasteiger partial charge >= 0.3 is 0 Å². The summed E-state index contributed by atoms with van der Waals surface area (Å²) in [7, 11) is 0. The first-order chi connectivity index (χ1) is 10.7. The SMILES string of the molecule is Fc1cccc(F)c1-c1ccc2[nH]c3c(c2c1)CCNCC3.